The zero-order valence-electron chi connectivity index (χ0n) is 10.3. The molecule has 0 spiro atoms. The Morgan fingerprint density at radius 1 is 1.41 bits per heavy atom. The van der Waals surface area contributed by atoms with Crippen molar-refractivity contribution in [3.05, 3.63) is 5.01 Å². The van der Waals surface area contributed by atoms with E-state index in [9.17, 15) is 4.79 Å². The highest BCUT2D eigenvalue weighted by Gasteiger charge is 2.10. The van der Waals surface area contributed by atoms with Gasteiger partial charge >= 0.3 is 0 Å². The van der Waals surface area contributed by atoms with Crippen LogP contribution in [0.1, 0.15) is 32.2 Å². The van der Waals surface area contributed by atoms with Crippen molar-refractivity contribution in [1.29, 1.82) is 0 Å². The van der Waals surface area contributed by atoms with Crippen LogP contribution in [-0.2, 0) is 11.2 Å². The number of nitrogens with zero attached hydrogens (tertiary/aromatic N) is 2. The van der Waals surface area contributed by atoms with Gasteiger partial charge in [0.2, 0.25) is 11.0 Å². The molecule has 98 valence electrons. The molecule has 0 bridgehead atoms. The molecule has 5 nitrogen and oxygen atoms in total. The van der Waals surface area contributed by atoms with Crippen LogP contribution in [0.3, 0.4) is 0 Å². The molecule has 3 N–H and O–H groups in total. The molecule has 17 heavy (non-hydrogen) atoms. The number of halogens is 1. The molecule has 0 aromatic carbocycles. The van der Waals surface area contributed by atoms with Crippen LogP contribution in [0, 0.1) is 5.92 Å². The van der Waals surface area contributed by atoms with Crippen molar-refractivity contribution in [3.63, 3.8) is 0 Å². The van der Waals surface area contributed by atoms with Crippen LogP contribution in [0.2, 0.25) is 0 Å². The number of rotatable bonds is 5. The first-order valence-electron chi connectivity index (χ1n) is 5.35. The summed E-state index contributed by atoms with van der Waals surface area (Å²) in [4.78, 5) is 11.4. The van der Waals surface area contributed by atoms with E-state index < -0.39 is 0 Å². The van der Waals surface area contributed by atoms with Gasteiger partial charge in [0, 0.05) is 18.9 Å². The second kappa shape index (κ2) is 7.58. The molecule has 7 heteroatoms. The molecule has 0 aliphatic carbocycles. The van der Waals surface area contributed by atoms with Gasteiger partial charge in [-0.2, -0.15) is 0 Å². The van der Waals surface area contributed by atoms with Crippen molar-refractivity contribution in [2.45, 2.75) is 39.7 Å². The Balaban J connectivity index is 0.00000256. The second-order valence-corrected chi connectivity index (χ2v) is 5.39. The number of hydrogen-bond acceptors (Lipinski definition) is 5. The third-order valence-corrected chi connectivity index (χ3v) is 2.66. The topological polar surface area (TPSA) is 80.9 Å². The fourth-order valence-electron chi connectivity index (χ4n) is 1.20. The zero-order valence-corrected chi connectivity index (χ0v) is 11.9. The second-order valence-electron chi connectivity index (χ2n) is 4.33. The monoisotopic (exact) mass is 278 g/mol. The van der Waals surface area contributed by atoms with Crippen molar-refractivity contribution in [2.75, 3.05) is 5.32 Å². The highest BCUT2D eigenvalue weighted by Crippen LogP contribution is 2.18. The third kappa shape index (κ3) is 6.55. The van der Waals surface area contributed by atoms with Gasteiger partial charge < -0.3 is 11.1 Å². The SMILES string of the molecule is CC(C)Cc1nnc(NC(=O)CC(C)N)s1.Cl. The molecule has 0 radical (unpaired) electrons. The molecule has 0 fully saturated rings. The number of aromatic nitrogens is 2. The summed E-state index contributed by atoms with van der Waals surface area (Å²) in [5, 5.41) is 12.1. The van der Waals surface area contributed by atoms with E-state index in [0.717, 1.165) is 11.4 Å². The lowest BCUT2D eigenvalue weighted by Gasteiger charge is -2.03. The average molecular weight is 279 g/mol. The van der Waals surface area contributed by atoms with E-state index in [1.165, 1.54) is 11.3 Å². The summed E-state index contributed by atoms with van der Waals surface area (Å²) < 4.78 is 0. The number of carbonyl (C=O) groups is 1. The first-order valence-corrected chi connectivity index (χ1v) is 6.17. The van der Waals surface area contributed by atoms with Crippen LogP contribution >= 0.6 is 23.7 Å². The van der Waals surface area contributed by atoms with Crippen LogP contribution < -0.4 is 11.1 Å². The van der Waals surface area contributed by atoms with Gasteiger partial charge in [0.25, 0.3) is 0 Å². The van der Waals surface area contributed by atoms with E-state index in [1.54, 1.807) is 6.92 Å². The predicted molar refractivity (Wildman–Crippen MR) is 72.6 cm³/mol. The van der Waals surface area contributed by atoms with E-state index in [0.29, 0.717) is 17.5 Å². The summed E-state index contributed by atoms with van der Waals surface area (Å²) in [5.74, 6) is 0.433. The molecule has 1 atom stereocenters. The maximum atomic E-state index is 11.4. The quantitative estimate of drug-likeness (QED) is 0.861. The molecule has 0 aliphatic heterocycles. The normalized spacial score (nSPS) is 12.1. The number of hydrogen-bond donors (Lipinski definition) is 2. The van der Waals surface area contributed by atoms with Crippen molar-refractivity contribution >= 4 is 34.8 Å². The standard InChI is InChI=1S/C10H18N4OS.ClH/c1-6(2)4-9-13-14-10(16-9)12-8(15)5-7(3)11;/h6-7H,4-5,11H2,1-3H3,(H,12,14,15);1H. The van der Waals surface area contributed by atoms with Crippen molar-refractivity contribution in [2.24, 2.45) is 11.7 Å². The Hall–Kier alpha value is -0.720. The lowest BCUT2D eigenvalue weighted by atomic mass is 10.1. The average Bonchev–Trinajstić information content (AvgIpc) is 2.49. The molecule has 0 saturated heterocycles. The van der Waals surface area contributed by atoms with Crippen LogP contribution in [0.25, 0.3) is 0 Å². The van der Waals surface area contributed by atoms with E-state index in [-0.39, 0.29) is 24.4 Å². The van der Waals surface area contributed by atoms with Gasteiger partial charge in [-0.15, -0.1) is 22.6 Å². The molecule has 1 unspecified atom stereocenters. The summed E-state index contributed by atoms with van der Waals surface area (Å²) >= 11 is 1.42. The molecule has 0 aliphatic rings. The van der Waals surface area contributed by atoms with Gasteiger partial charge in [-0.25, -0.2) is 0 Å². The van der Waals surface area contributed by atoms with Crippen molar-refractivity contribution < 1.29 is 4.79 Å². The van der Waals surface area contributed by atoms with Gasteiger partial charge in [0.1, 0.15) is 5.01 Å². The number of nitrogens with one attached hydrogen (secondary N) is 1. The summed E-state index contributed by atoms with van der Waals surface area (Å²) in [6.45, 7) is 6.04. The predicted octanol–water partition coefficient (Wildman–Crippen LogP) is 1.83. The largest absolute Gasteiger partial charge is 0.327 e. The van der Waals surface area contributed by atoms with E-state index >= 15 is 0 Å². The molecule has 0 saturated carbocycles. The lowest BCUT2D eigenvalue weighted by molar-refractivity contribution is -0.116. The molecule has 1 amide bonds. The Morgan fingerprint density at radius 3 is 2.59 bits per heavy atom. The Kier molecular flexibility index (Phi) is 7.26. The van der Waals surface area contributed by atoms with E-state index in [2.05, 4.69) is 29.4 Å². The van der Waals surface area contributed by atoms with Crippen LogP contribution in [0.4, 0.5) is 5.13 Å². The number of carbonyl (C=O) groups excluding carboxylic acids is 1. The minimum atomic E-state index is -0.136. The molecular weight excluding hydrogens is 260 g/mol. The van der Waals surface area contributed by atoms with Crippen LogP contribution in [0.15, 0.2) is 0 Å². The first-order chi connectivity index (χ1) is 7.47. The van der Waals surface area contributed by atoms with Gasteiger partial charge in [-0.05, 0) is 12.8 Å². The van der Waals surface area contributed by atoms with Crippen LogP contribution in [-0.4, -0.2) is 22.1 Å². The molecule has 1 heterocycles. The minimum Gasteiger partial charge on any atom is -0.327 e. The number of nitrogens with two attached hydrogens (primary N) is 1. The van der Waals surface area contributed by atoms with Gasteiger partial charge in [-0.3, -0.25) is 4.79 Å². The Bertz CT molecular complexity index is 354. The van der Waals surface area contributed by atoms with Crippen molar-refractivity contribution in [3.8, 4) is 0 Å². The van der Waals surface area contributed by atoms with E-state index in [4.69, 9.17) is 5.73 Å². The zero-order chi connectivity index (χ0) is 12.1. The maximum absolute atomic E-state index is 11.4. The fourth-order valence-corrected chi connectivity index (χ4v) is 2.17. The number of amides is 1. The maximum Gasteiger partial charge on any atom is 0.227 e. The lowest BCUT2D eigenvalue weighted by Crippen LogP contribution is -2.23. The van der Waals surface area contributed by atoms with Crippen LogP contribution in [0.5, 0.6) is 0 Å². The number of anilines is 1. The van der Waals surface area contributed by atoms with Gasteiger partial charge in [0.15, 0.2) is 0 Å². The molecule has 1 aromatic rings. The Morgan fingerprint density at radius 2 is 2.06 bits per heavy atom. The molecular formula is C10H19ClN4OS. The summed E-state index contributed by atoms with van der Waals surface area (Å²) in [7, 11) is 0. The summed E-state index contributed by atoms with van der Waals surface area (Å²) in [6, 6.07) is -0.136. The highest BCUT2D eigenvalue weighted by atomic mass is 35.5. The Labute approximate surface area is 112 Å². The van der Waals surface area contributed by atoms with Gasteiger partial charge in [0.05, 0.1) is 0 Å². The van der Waals surface area contributed by atoms with Crippen molar-refractivity contribution in [1.82, 2.24) is 10.2 Å². The summed E-state index contributed by atoms with van der Waals surface area (Å²) in [5.41, 5.74) is 5.52. The third-order valence-electron chi connectivity index (χ3n) is 1.80. The molecule has 1 rings (SSSR count). The molecule has 1 aromatic heterocycles. The first kappa shape index (κ1) is 16.3. The minimum absolute atomic E-state index is 0. The highest BCUT2D eigenvalue weighted by molar-refractivity contribution is 7.15. The van der Waals surface area contributed by atoms with Gasteiger partial charge in [-0.1, -0.05) is 25.2 Å². The van der Waals surface area contributed by atoms with E-state index in [1.807, 2.05) is 0 Å². The smallest absolute Gasteiger partial charge is 0.227 e. The summed E-state index contributed by atoms with van der Waals surface area (Å²) in [6.07, 6.45) is 1.19. The fraction of sp³-hybridized carbons (Fsp3) is 0.700.